The highest BCUT2D eigenvalue weighted by molar-refractivity contribution is 5.83. The molecule has 128 valence electrons. The second-order valence-corrected chi connectivity index (χ2v) is 5.93. The van der Waals surface area contributed by atoms with Crippen LogP contribution in [0.4, 0.5) is 0 Å². The van der Waals surface area contributed by atoms with Crippen molar-refractivity contribution in [2.24, 2.45) is 7.05 Å². The van der Waals surface area contributed by atoms with E-state index < -0.39 is 0 Å². The van der Waals surface area contributed by atoms with Crippen LogP contribution >= 0.6 is 0 Å². The lowest BCUT2D eigenvalue weighted by atomic mass is 10.0. The summed E-state index contributed by atoms with van der Waals surface area (Å²) < 4.78 is 7.35. The highest BCUT2D eigenvalue weighted by Crippen LogP contribution is 2.22. The van der Waals surface area contributed by atoms with E-state index in [1.165, 1.54) is 0 Å². The van der Waals surface area contributed by atoms with Gasteiger partial charge < -0.3 is 15.4 Å². The Morgan fingerprint density at radius 3 is 3.00 bits per heavy atom. The first-order valence-corrected chi connectivity index (χ1v) is 8.37. The fraction of sp³-hybridized carbons (Fsp3) is 0.444. The monoisotopic (exact) mass is 328 g/mol. The minimum Gasteiger partial charge on any atom is -0.377 e. The van der Waals surface area contributed by atoms with E-state index >= 15 is 0 Å². The molecule has 6 nitrogen and oxygen atoms in total. The van der Waals surface area contributed by atoms with E-state index in [1.54, 1.807) is 6.20 Å². The summed E-state index contributed by atoms with van der Waals surface area (Å²) in [7, 11) is 1.92. The number of hydrogen-bond donors (Lipinski definition) is 2. The molecule has 6 heteroatoms. The van der Waals surface area contributed by atoms with E-state index in [4.69, 9.17) is 4.74 Å². The summed E-state index contributed by atoms with van der Waals surface area (Å²) in [6.07, 6.45) is 2.68. The fourth-order valence-corrected chi connectivity index (χ4v) is 3.07. The van der Waals surface area contributed by atoms with Crippen LogP contribution in [0.5, 0.6) is 0 Å². The molecule has 0 radical (unpaired) electrons. The molecule has 0 aliphatic carbocycles. The van der Waals surface area contributed by atoms with Crippen molar-refractivity contribution < 1.29 is 9.53 Å². The number of nitrogens with one attached hydrogen (secondary N) is 2. The molecule has 3 rings (SSSR count). The number of amides is 1. The molecule has 1 aliphatic rings. The molecule has 2 heterocycles. The standard InChI is InChI=1S/C18H24N4O2/c1-3-24-12-14-7-5-4-6-13(14)10-20-18(23)17-15-11-21-22(2)16(15)8-9-19-17/h4-7,11,17,19H,3,8-10,12H2,1-2H3,(H,20,23). The Hall–Kier alpha value is -2.18. The van der Waals surface area contributed by atoms with Gasteiger partial charge >= 0.3 is 0 Å². The molecular weight excluding hydrogens is 304 g/mol. The summed E-state index contributed by atoms with van der Waals surface area (Å²) in [6.45, 7) is 4.50. The largest absolute Gasteiger partial charge is 0.377 e. The molecule has 0 bridgehead atoms. The first-order valence-electron chi connectivity index (χ1n) is 8.37. The highest BCUT2D eigenvalue weighted by Gasteiger charge is 2.28. The normalized spacial score (nSPS) is 16.7. The molecule has 1 atom stereocenters. The molecular formula is C18H24N4O2. The molecule has 1 aromatic carbocycles. The van der Waals surface area contributed by atoms with Crippen molar-refractivity contribution in [3.63, 3.8) is 0 Å². The zero-order chi connectivity index (χ0) is 16.9. The Morgan fingerprint density at radius 1 is 1.42 bits per heavy atom. The van der Waals surface area contributed by atoms with Gasteiger partial charge in [0.15, 0.2) is 0 Å². The van der Waals surface area contributed by atoms with E-state index in [1.807, 2.05) is 42.9 Å². The summed E-state index contributed by atoms with van der Waals surface area (Å²) in [5.74, 6) is -0.0184. The van der Waals surface area contributed by atoms with Crippen LogP contribution in [-0.2, 0) is 36.2 Å². The minimum atomic E-state index is -0.332. The predicted molar refractivity (Wildman–Crippen MR) is 91.3 cm³/mol. The second-order valence-electron chi connectivity index (χ2n) is 5.93. The Bertz CT molecular complexity index is 711. The average molecular weight is 328 g/mol. The van der Waals surface area contributed by atoms with Crippen molar-refractivity contribution >= 4 is 5.91 Å². The van der Waals surface area contributed by atoms with E-state index in [2.05, 4.69) is 15.7 Å². The maximum absolute atomic E-state index is 12.6. The number of aromatic nitrogens is 2. The minimum absolute atomic E-state index is 0.0184. The van der Waals surface area contributed by atoms with Crippen LogP contribution in [0.25, 0.3) is 0 Å². The third kappa shape index (κ3) is 3.49. The molecule has 0 fully saturated rings. The maximum atomic E-state index is 12.6. The van der Waals surface area contributed by atoms with Crippen molar-refractivity contribution in [3.8, 4) is 0 Å². The SMILES string of the molecule is CCOCc1ccccc1CNC(=O)C1NCCc2c1cnn2C. The van der Waals surface area contributed by atoms with Crippen LogP contribution in [0.1, 0.15) is 35.3 Å². The topological polar surface area (TPSA) is 68.2 Å². The predicted octanol–water partition coefficient (Wildman–Crippen LogP) is 1.46. The Labute approximate surface area is 142 Å². The third-order valence-electron chi connectivity index (χ3n) is 4.41. The number of nitrogens with zero attached hydrogens (tertiary/aromatic N) is 2. The summed E-state index contributed by atoms with van der Waals surface area (Å²) in [5, 5.41) is 10.6. The van der Waals surface area contributed by atoms with Crippen LogP contribution in [0.2, 0.25) is 0 Å². The van der Waals surface area contributed by atoms with Gasteiger partial charge in [0.05, 0.1) is 12.8 Å². The van der Waals surface area contributed by atoms with Crippen molar-refractivity contribution in [1.29, 1.82) is 0 Å². The van der Waals surface area contributed by atoms with Gasteiger partial charge in [-0.3, -0.25) is 9.48 Å². The number of aryl methyl sites for hydroxylation is 1. The smallest absolute Gasteiger partial charge is 0.242 e. The van der Waals surface area contributed by atoms with Crippen molar-refractivity contribution in [3.05, 3.63) is 52.8 Å². The van der Waals surface area contributed by atoms with Gasteiger partial charge in [-0.1, -0.05) is 24.3 Å². The van der Waals surface area contributed by atoms with Crippen LogP contribution in [-0.4, -0.2) is 28.8 Å². The maximum Gasteiger partial charge on any atom is 0.242 e. The van der Waals surface area contributed by atoms with Gasteiger partial charge in [0, 0.05) is 44.4 Å². The Balaban J connectivity index is 1.67. The summed E-state index contributed by atoms with van der Waals surface area (Å²) in [6, 6.07) is 7.70. The van der Waals surface area contributed by atoms with Crippen LogP contribution in [0.3, 0.4) is 0 Å². The highest BCUT2D eigenvalue weighted by atomic mass is 16.5. The van der Waals surface area contributed by atoms with E-state index in [0.29, 0.717) is 19.8 Å². The zero-order valence-electron chi connectivity index (χ0n) is 14.2. The third-order valence-corrected chi connectivity index (χ3v) is 4.41. The Morgan fingerprint density at radius 2 is 2.21 bits per heavy atom. The molecule has 0 spiro atoms. The molecule has 0 saturated heterocycles. The Kier molecular flexibility index (Phi) is 5.27. The molecule has 1 aromatic heterocycles. The van der Waals surface area contributed by atoms with Crippen LogP contribution in [0.15, 0.2) is 30.5 Å². The molecule has 0 saturated carbocycles. The van der Waals surface area contributed by atoms with Gasteiger partial charge in [-0.15, -0.1) is 0 Å². The molecule has 1 unspecified atom stereocenters. The number of carbonyl (C=O) groups excluding carboxylic acids is 1. The van der Waals surface area contributed by atoms with Gasteiger partial charge in [0.2, 0.25) is 5.91 Å². The van der Waals surface area contributed by atoms with Gasteiger partial charge in [0.1, 0.15) is 6.04 Å². The zero-order valence-corrected chi connectivity index (χ0v) is 14.2. The molecule has 2 N–H and O–H groups in total. The van der Waals surface area contributed by atoms with E-state index in [9.17, 15) is 4.79 Å². The van der Waals surface area contributed by atoms with Crippen LogP contribution in [0, 0.1) is 0 Å². The number of rotatable bonds is 6. The number of hydrogen-bond acceptors (Lipinski definition) is 4. The van der Waals surface area contributed by atoms with E-state index in [-0.39, 0.29) is 11.9 Å². The van der Waals surface area contributed by atoms with Crippen molar-refractivity contribution in [2.45, 2.75) is 32.5 Å². The van der Waals surface area contributed by atoms with Crippen molar-refractivity contribution in [2.75, 3.05) is 13.2 Å². The molecule has 1 aliphatic heterocycles. The molecule has 1 amide bonds. The lowest BCUT2D eigenvalue weighted by Crippen LogP contribution is -2.41. The molecule has 24 heavy (non-hydrogen) atoms. The number of fused-ring (bicyclic) bond motifs is 1. The summed E-state index contributed by atoms with van der Waals surface area (Å²) >= 11 is 0. The average Bonchev–Trinajstić information content (AvgIpc) is 3.00. The lowest BCUT2D eigenvalue weighted by molar-refractivity contribution is -0.123. The molecule has 2 aromatic rings. The van der Waals surface area contributed by atoms with Gasteiger partial charge in [-0.05, 0) is 18.1 Å². The lowest BCUT2D eigenvalue weighted by Gasteiger charge is -2.23. The van der Waals surface area contributed by atoms with Crippen molar-refractivity contribution in [1.82, 2.24) is 20.4 Å². The number of carbonyl (C=O) groups is 1. The first kappa shape index (κ1) is 16.7. The van der Waals surface area contributed by atoms with Gasteiger partial charge in [0.25, 0.3) is 0 Å². The number of benzene rings is 1. The quantitative estimate of drug-likeness (QED) is 0.842. The second kappa shape index (κ2) is 7.59. The number of ether oxygens (including phenoxy) is 1. The van der Waals surface area contributed by atoms with Gasteiger partial charge in [-0.25, -0.2) is 0 Å². The summed E-state index contributed by atoms with van der Waals surface area (Å²) in [4.78, 5) is 12.6. The fourth-order valence-electron chi connectivity index (χ4n) is 3.07. The van der Waals surface area contributed by atoms with Crippen LogP contribution < -0.4 is 10.6 Å². The van der Waals surface area contributed by atoms with Gasteiger partial charge in [-0.2, -0.15) is 5.10 Å². The van der Waals surface area contributed by atoms with E-state index in [0.717, 1.165) is 35.3 Å². The first-order chi connectivity index (χ1) is 11.7. The summed E-state index contributed by atoms with van der Waals surface area (Å²) in [5.41, 5.74) is 4.30.